The monoisotopic (exact) mass is 386 g/mol. The van der Waals surface area contributed by atoms with Gasteiger partial charge in [-0.05, 0) is 49.6 Å². The minimum absolute atomic E-state index is 0.0646. The summed E-state index contributed by atoms with van der Waals surface area (Å²) < 4.78 is 33.1. The number of amides is 1. The zero-order chi connectivity index (χ0) is 19.3. The summed E-state index contributed by atoms with van der Waals surface area (Å²) in [5, 5.41) is 2.82. The maximum absolute atomic E-state index is 12.7. The Morgan fingerprint density at radius 1 is 1.11 bits per heavy atom. The van der Waals surface area contributed by atoms with Gasteiger partial charge in [-0.3, -0.25) is 9.52 Å². The Kier molecular flexibility index (Phi) is 5.81. The van der Waals surface area contributed by atoms with Crippen molar-refractivity contribution in [2.45, 2.75) is 24.2 Å². The smallest absolute Gasteiger partial charge is 0.262 e. The molecule has 3 rings (SSSR count). The third kappa shape index (κ3) is 4.68. The molecule has 0 aliphatic heterocycles. The van der Waals surface area contributed by atoms with Gasteiger partial charge in [0.1, 0.15) is 5.75 Å². The first kappa shape index (κ1) is 19.0. The van der Waals surface area contributed by atoms with Crippen LogP contribution >= 0.6 is 0 Å². The zero-order valence-corrected chi connectivity index (χ0v) is 15.8. The number of carbonyl (C=O) groups is 1. The Hall–Kier alpha value is -2.80. The van der Waals surface area contributed by atoms with Crippen molar-refractivity contribution in [3.63, 3.8) is 0 Å². The molecule has 0 fully saturated rings. The van der Waals surface area contributed by atoms with Gasteiger partial charge in [-0.25, -0.2) is 8.42 Å². The number of rotatable bonds is 6. The average Bonchev–Trinajstić information content (AvgIpc) is 2.69. The summed E-state index contributed by atoms with van der Waals surface area (Å²) in [7, 11) is -2.35. The molecule has 1 aliphatic carbocycles. The first-order chi connectivity index (χ1) is 13.0. The van der Waals surface area contributed by atoms with E-state index in [1.54, 1.807) is 36.4 Å². The second kappa shape index (κ2) is 8.26. The minimum atomic E-state index is -3.82. The van der Waals surface area contributed by atoms with Crippen molar-refractivity contribution in [3.8, 4) is 5.75 Å². The molecule has 0 unspecified atom stereocenters. The number of carbonyl (C=O) groups excluding carboxylic acids is 1. The Morgan fingerprint density at radius 3 is 2.67 bits per heavy atom. The number of hydrogen-bond donors (Lipinski definition) is 2. The van der Waals surface area contributed by atoms with Crippen LogP contribution in [0.2, 0.25) is 0 Å². The molecule has 0 aromatic heterocycles. The summed E-state index contributed by atoms with van der Waals surface area (Å²) in [5.74, 6) is 0.254. The van der Waals surface area contributed by atoms with Crippen LogP contribution in [-0.4, -0.2) is 21.4 Å². The summed E-state index contributed by atoms with van der Waals surface area (Å²) >= 11 is 0. The zero-order valence-electron chi connectivity index (χ0n) is 15.0. The van der Waals surface area contributed by atoms with Crippen LogP contribution < -0.4 is 14.8 Å². The van der Waals surface area contributed by atoms with E-state index in [1.165, 1.54) is 19.2 Å². The molecule has 2 N–H and O–H groups in total. The fourth-order valence-corrected chi connectivity index (χ4v) is 4.07. The third-order valence-electron chi connectivity index (χ3n) is 4.40. The van der Waals surface area contributed by atoms with E-state index in [9.17, 15) is 13.2 Å². The van der Waals surface area contributed by atoms with Gasteiger partial charge in [0, 0.05) is 11.6 Å². The average molecular weight is 386 g/mol. The number of allylic oxidation sites excluding steroid dienone is 2. The third-order valence-corrected chi connectivity index (χ3v) is 5.77. The summed E-state index contributed by atoms with van der Waals surface area (Å²) in [6.07, 6.45) is 6.47. The largest absolute Gasteiger partial charge is 0.495 e. The van der Waals surface area contributed by atoms with Crippen LogP contribution in [0.4, 0.5) is 11.4 Å². The van der Waals surface area contributed by atoms with Crippen molar-refractivity contribution < 1.29 is 17.9 Å². The summed E-state index contributed by atoms with van der Waals surface area (Å²) in [5.41, 5.74) is 0.806. The van der Waals surface area contributed by atoms with E-state index in [-0.39, 0.29) is 16.7 Å². The molecule has 2 aromatic rings. The fourth-order valence-electron chi connectivity index (χ4n) is 2.95. The first-order valence-electron chi connectivity index (χ1n) is 8.71. The maximum Gasteiger partial charge on any atom is 0.262 e. The second-order valence-corrected chi connectivity index (χ2v) is 7.99. The van der Waals surface area contributed by atoms with Crippen molar-refractivity contribution in [3.05, 3.63) is 60.7 Å². The molecule has 142 valence electrons. The van der Waals surface area contributed by atoms with E-state index in [0.29, 0.717) is 23.5 Å². The molecule has 1 atom stereocenters. The molecule has 27 heavy (non-hydrogen) atoms. The number of nitrogens with one attached hydrogen (secondary N) is 2. The first-order valence-corrected chi connectivity index (χ1v) is 10.2. The topological polar surface area (TPSA) is 84.5 Å². The van der Waals surface area contributed by atoms with Gasteiger partial charge in [-0.15, -0.1) is 0 Å². The highest BCUT2D eigenvalue weighted by Crippen LogP contribution is 2.27. The van der Waals surface area contributed by atoms with Gasteiger partial charge in [0.2, 0.25) is 5.91 Å². The van der Waals surface area contributed by atoms with Crippen molar-refractivity contribution >= 4 is 27.3 Å². The quantitative estimate of drug-likeness (QED) is 0.740. The van der Waals surface area contributed by atoms with Gasteiger partial charge in [-0.2, -0.15) is 0 Å². The normalized spacial score (nSPS) is 16.6. The summed E-state index contributed by atoms with van der Waals surface area (Å²) in [6, 6.07) is 13.0. The van der Waals surface area contributed by atoms with Crippen LogP contribution in [0.15, 0.2) is 65.6 Å². The summed E-state index contributed by atoms with van der Waals surface area (Å²) in [6.45, 7) is 0. The highest BCUT2D eigenvalue weighted by molar-refractivity contribution is 7.92. The lowest BCUT2D eigenvalue weighted by atomic mass is 9.93. The molecule has 0 saturated heterocycles. The fraction of sp³-hybridized carbons (Fsp3) is 0.250. The van der Waals surface area contributed by atoms with E-state index in [1.807, 2.05) is 6.08 Å². The van der Waals surface area contributed by atoms with Gasteiger partial charge < -0.3 is 10.1 Å². The van der Waals surface area contributed by atoms with E-state index in [0.717, 1.165) is 12.8 Å². The van der Waals surface area contributed by atoms with Gasteiger partial charge in [0.05, 0.1) is 17.7 Å². The highest BCUT2D eigenvalue weighted by atomic mass is 32.2. The number of benzene rings is 2. The predicted molar refractivity (Wildman–Crippen MR) is 105 cm³/mol. The Bertz CT molecular complexity index is 954. The molecule has 7 heteroatoms. The molecule has 0 radical (unpaired) electrons. The SMILES string of the molecule is COc1ccccc1NS(=O)(=O)c1cccc(NC(=O)[C@@H]2CC=CCC2)c1. The van der Waals surface area contributed by atoms with E-state index in [4.69, 9.17) is 4.74 Å². The lowest BCUT2D eigenvalue weighted by Crippen LogP contribution is -2.23. The van der Waals surface area contributed by atoms with Crippen molar-refractivity contribution in [1.29, 1.82) is 0 Å². The molecule has 0 bridgehead atoms. The van der Waals surface area contributed by atoms with Crippen molar-refractivity contribution in [2.24, 2.45) is 5.92 Å². The van der Waals surface area contributed by atoms with Crippen molar-refractivity contribution in [2.75, 3.05) is 17.1 Å². The number of methoxy groups -OCH3 is 1. The molecule has 1 amide bonds. The molecule has 0 spiro atoms. The van der Waals surface area contributed by atoms with Gasteiger partial charge in [-0.1, -0.05) is 30.4 Å². The van der Waals surface area contributed by atoms with Crippen LogP contribution in [-0.2, 0) is 14.8 Å². The van der Waals surface area contributed by atoms with Crippen LogP contribution in [0, 0.1) is 5.92 Å². The van der Waals surface area contributed by atoms with E-state index < -0.39 is 10.0 Å². The Balaban J connectivity index is 1.77. The van der Waals surface area contributed by atoms with Gasteiger partial charge in [0.15, 0.2) is 0 Å². The molecule has 6 nitrogen and oxygen atoms in total. The number of anilines is 2. The van der Waals surface area contributed by atoms with E-state index >= 15 is 0 Å². The predicted octanol–water partition coefficient (Wildman–Crippen LogP) is 3.79. The molecule has 1 aliphatic rings. The lowest BCUT2D eigenvalue weighted by molar-refractivity contribution is -0.120. The number of hydrogen-bond acceptors (Lipinski definition) is 4. The number of ether oxygens (including phenoxy) is 1. The van der Waals surface area contributed by atoms with E-state index in [2.05, 4.69) is 16.1 Å². The number of sulfonamides is 1. The van der Waals surface area contributed by atoms with Crippen LogP contribution in [0.5, 0.6) is 5.75 Å². The standard InChI is InChI=1S/C20H22N2O4S/c1-26-19-13-6-5-12-18(19)22-27(24,25)17-11-7-10-16(14-17)21-20(23)15-8-3-2-4-9-15/h2-3,5-7,10-15,22H,4,8-9H2,1H3,(H,21,23)/t15-/m1/s1. The molecule has 0 saturated carbocycles. The highest BCUT2D eigenvalue weighted by Gasteiger charge is 2.20. The molecular formula is C20H22N2O4S. The Morgan fingerprint density at radius 2 is 1.93 bits per heavy atom. The van der Waals surface area contributed by atoms with Crippen LogP contribution in [0.1, 0.15) is 19.3 Å². The maximum atomic E-state index is 12.7. The van der Waals surface area contributed by atoms with Crippen LogP contribution in [0.3, 0.4) is 0 Å². The molecule has 0 heterocycles. The van der Waals surface area contributed by atoms with Gasteiger partial charge >= 0.3 is 0 Å². The number of para-hydroxylation sites is 2. The van der Waals surface area contributed by atoms with Crippen molar-refractivity contribution in [1.82, 2.24) is 0 Å². The second-order valence-electron chi connectivity index (χ2n) is 6.30. The molecule has 2 aromatic carbocycles. The Labute approximate surface area is 159 Å². The summed E-state index contributed by atoms with van der Waals surface area (Å²) in [4.78, 5) is 12.4. The lowest BCUT2D eigenvalue weighted by Gasteiger charge is -2.17. The van der Waals surface area contributed by atoms with Crippen LogP contribution in [0.25, 0.3) is 0 Å². The minimum Gasteiger partial charge on any atom is -0.495 e. The molecular weight excluding hydrogens is 364 g/mol. The van der Waals surface area contributed by atoms with Gasteiger partial charge in [0.25, 0.3) is 10.0 Å².